The Bertz CT molecular complexity index is 1460. The van der Waals surface area contributed by atoms with Crippen LogP contribution in [0, 0.1) is 18.7 Å². The second-order valence-corrected chi connectivity index (χ2v) is 9.63. The summed E-state index contributed by atoms with van der Waals surface area (Å²) in [5.74, 6) is 0.253. The lowest BCUT2D eigenvalue weighted by molar-refractivity contribution is -0.131. The summed E-state index contributed by atoms with van der Waals surface area (Å²) in [5.41, 5.74) is 4.97. The highest BCUT2D eigenvalue weighted by atomic mass is 19.4. The molecule has 4 aromatic rings. The quantitative estimate of drug-likeness (QED) is 0.199. The Labute approximate surface area is 211 Å². The van der Waals surface area contributed by atoms with E-state index in [-0.39, 0.29) is 24.6 Å². The van der Waals surface area contributed by atoms with Crippen molar-refractivity contribution < 1.29 is 22.4 Å². The van der Waals surface area contributed by atoms with Gasteiger partial charge in [-0.25, -0.2) is 13.9 Å². The molecule has 0 saturated heterocycles. The number of carbonyl (C=O) groups excluding carboxylic acids is 1. The molecule has 1 aliphatic rings. The fourth-order valence-corrected chi connectivity index (χ4v) is 4.46. The smallest absolute Gasteiger partial charge is 0.382 e. The van der Waals surface area contributed by atoms with Gasteiger partial charge in [0.25, 0.3) is 0 Å². The van der Waals surface area contributed by atoms with Gasteiger partial charge in [-0.05, 0) is 61.1 Å². The van der Waals surface area contributed by atoms with Gasteiger partial charge in [0.1, 0.15) is 5.82 Å². The lowest BCUT2D eigenvalue weighted by Crippen LogP contribution is -2.15. The van der Waals surface area contributed by atoms with E-state index in [1.54, 1.807) is 28.9 Å². The number of aryl methyl sites for hydroxylation is 1. The Morgan fingerprint density at radius 1 is 1.14 bits per heavy atom. The molecule has 1 N–H and O–H groups in total. The number of hydrogen-bond acceptors (Lipinski definition) is 4. The molecular weight excluding hydrogens is 484 g/mol. The number of anilines is 1. The first kappa shape index (κ1) is 24.9. The van der Waals surface area contributed by atoms with Crippen LogP contribution in [-0.4, -0.2) is 33.1 Å². The molecule has 5 rings (SSSR count). The van der Waals surface area contributed by atoms with Crippen molar-refractivity contribution in [1.82, 2.24) is 14.6 Å². The number of imidazole rings is 1. The largest absolute Gasteiger partial charge is 0.390 e. The number of Topliss-reactive ketones (excluding diaryl/α,β-unsaturated/α-hetero) is 1. The monoisotopic (exact) mass is 510 g/mol. The van der Waals surface area contributed by atoms with Gasteiger partial charge in [-0.15, -0.1) is 0 Å². The SMILES string of the molecule is Cc1cc(-c2cnc3c(NCCC(F)(F)F)cc(Cc4cccc(F)c4)nn23)ccc1C(=O)CC1CC1. The van der Waals surface area contributed by atoms with Crippen LogP contribution in [0.1, 0.15) is 52.9 Å². The van der Waals surface area contributed by atoms with Gasteiger partial charge in [-0.1, -0.05) is 24.3 Å². The van der Waals surface area contributed by atoms with E-state index < -0.39 is 12.6 Å². The van der Waals surface area contributed by atoms with E-state index in [0.29, 0.717) is 46.2 Å². The van der Waals surface area contributed by atoms with Crippen LogP contribution in [0.5, 0.6) is 0 Å². The normalized spacial score (nSPS) is 13.8. The van der Waals surface area contributed by atoms with E-state index in [4.69, 9.17) is 5.10 Å². The summed E-state index contributed by atoms with van der Waals surface area (Å²) in [6.45, 7) is 1.57. The van der Waals surface area contributed by atoms with Gasteiger partial charge in [0.05, 0.1) is 29.7 Å². The summed E-state index contributed by atoms with van der Waals surface area (Å²) < 4.78 is 53.6. The fourth-order valence-electron chi connectivity index (χ4n) is 4.46. The Morgan fingerprint density at radius 2 is 1.95 bits per heavy atom. The second kappa shape index (κ2) is 9.95. The number of benzene rings is 2. The molecule has 0 spiro atoms. The Kier molecular flexibility index (Phi) is 6.70. The molecule has 1 aliphatic carbocycles. The van der Waals surface area contributed by atoms with Crippen molar-refractivity contribution in [2.24, 2.45) is 5.92 Å². The van der Waals surface area contributed by atoms with Crippen LogP contribution in [0.25, 0.3) is 16.9 Å². The molecule has 37 heavy (non-hydrogen) atoms. The van der Waals surface area contributed by atoms with E-state index in [2.05, 4.69) is 10.3 Å². The van der Waals surface area contributed by atoms with Gasteiger partial charge in [0, 0.05) is 30.5 Å². The van der Waals surface area contributed by atoms with E-state index >= 15 is 0 Å². The van der Waals surface area contributed by atoms with Crippen molar-refractivity contribution in [1.29, 1.82) is 0 Å². The minimum atomic E-state index is -4.29. The Balaban J connectivity index is 1.51. The van der Waals surface area contributed by atoms with Crippen molar-refractivity contribution in [2.75, 3.05) is 11.9 Å². The number of nitrogens with zero attached hydrogens (tertiary/aromatic N) is 3. The highest BCUT2D eigenvalue weighted by Crippen LogP contribution is 2.34. The third kappa shape index (κ3) is 5.98. The third-order valence-corrected chi connectivity index (χ3v) is 6.51. The van der Waals surface area contributed by atoms with Crippen molar-refractivity contribution in [3.05, 3.63) is 82.9 Å². The number of hydrogen-bond donors (Lipinski definition) is 1. The number of carbonyl (C=O) groups is 1. The molecule has 0 unspecified atom stereocenters. The van der Waals surface area contributed by atoms with Crippen molar-refractivity contribution in [3.63, 3.8) is 0 Å². The van der Waals surface area contributed by atoms with Crippen molar-refractivity contribution >= 4 is 17.1 Å². The van der Waals surface area contributed by atoms with E-state index in [1.807, 2.05) is 25.1 Å². The number of aromatic nitrogens is 3. The number of rotatable bonds is 9. The number of alkyl halides is 3. The molecule has 0 bridgehead atoms. The first-order valence-electron chi connectivity index (χ1n) is 12.2. The molecule has 9 heteroatoms. The minimum absolute atomic E-state index is 0.136. The summed E-state index contributed by atoms with van der Waals surface area (Å²) in [5, 5.41) is 7.54. The van der Waals surface area contributed by atoms with E-state index in [0.717, 1.165) is 24.0 Å². The number of nitrogens with one attached hydrogen (secondary N) is 1. The molecule has 0 radical (unpaired) electrons. The van der Waals surface area contributed by atoms with Gasteiger partial charge in [0.2, 0.25) is 0 Å². The molecule has 1 saturated carbocycles. The molecule has 192 valence electrons. The van der Waals surface area contributed by atoms with Gasteiger partial charge in [-0.3, -0.25) is 4.79 Å². The standard InChI is InChI=1S/C28H26F4N4O/c1-17-11-20(7-8-23(17)26(37)14-18-5-6-18)25-16-34-27-24(33-10-9-28(30,31)32)15-22(35-36(25)27)13-19-3-2-4-21(29)12-19/h2-4,7-8,11-12,15-16,18,33H,5-6,9-10,13-14H2,1H3. The van der Waals surface area contributed by atoms with E-state index in [1.165, 1.54) is 12.1 Å². The zero-order chi connectivity index (χ0) is 26.2. The summed E-state index contributed by atoms with van der Waals surface area (Å²) >= 11 is 0. The van der Waals surface area contributed by atoms with Crippen LogP contribution in [0.4, 0.5) is 23.2 Å². The maximum atomic E-state index is 13.7. The predicted molar refractivity (Wildman–Crippen MR) is 133 cm³/mol. The second-order valence-electron chi connectivity index (χ2n) is 9.63. The van der Waals surface area contributed by atoms with Crippen LogP contribution >= 0.6 is 0 Å². The Hall–Kier alpha value is -3.75. The summed E-state index contributed by atoms with van der Waals surface area (Å²) in [6, 6.07) is 13.3. The molecular formula is C28H26F4N4O. The number of ketones is 1. The lowest BCUT2D eigenvalue weighted by Gasteiger charge is -2.13. The topological polar surface area (TPSA) is 59.3 Å². The molecule has 2 heterocycles. The predicted octanol–water partition coefficient (Wildman–Crippen LogP) is 6.78. The molecule has 5 nitrogen and oxygen atoms in total. The zero-order valence-electron chi connectivity index (χ0n) is 20.3. The summed E-state index contributed by atoms with van der Waals surface area (Å²) in [6.07, 6.45) is -0.618. The van der Waals surface area contributed by atoms with Crippen molar-refractivity contribution in [2.45, 2.75) is 45.2 Å². The molecule has 0 atom stereocenters. The summed E-state index contributed by atoms with van der Waals surface area (Å²) in [4.78, 5) is 17.1. The average Bonchev–Trinajstić information content (AvgIpc) is 3.53. The highest BCUT2D eigenvalue weighted by molar-refractivity contribution is 5.98. The van der Waals surface area contributed by atoms with Gasteiger partial charge in [0.15, 0.2) is 11.4 Å². The van der Waals surface area contributed by atoms with Gasteiger partial charge >= 0.3 is 6.18 Å². The molecule has 0 aliphatic heterocycles. The number of fused-ring (bicyclic) bond motifs is 1. The fraction of sp³-hybridized carbons (Fsp3) is 0.321. The van der Waals surface area contributed by atoms with Crippen LogP contribution in [-0.2, 0) is 6.42 Å². The maximum absolute atomic E-state index is 13.7. The zero-order valence-corrected chi connectivity index (χ0v) is 20.3. The lowest BCUT2D eigenvalue weighted by atomic mass is 9.98. The first-order valence-corrected chi connectivity index (χ1v) is 12.2. The van der Waals surface area contributed by atoms with Crippen LogP contribution < -0.4 is 5.32 Å². The molecule has 2 aromatic heterocycles. The third-order valence-electron chi connectivity index (χ3n) is 6.51. The Morgan fingerprint density at radius 3 is 2.65 bits per heavy atom. The van der Waals surface area contributed by atoms with E-state index in [9.17, 15) is 22.4 Å². The molecule has 2 aromatic carbocycles. The van der Waals surface area contributed by atoms with Crippen LogP contribution in [0.15, 0.2) is 54.7 Å². The molecule has 1 fully saturated rings. The maximum Gasteiger partial charge on any atom is 0.390 e. The first-order chi connectivity index (χ1) is 17.7. The van der Waals surface area contributed by atoms with Crippen molar-refractivity contribution in [3.8, 4) is 11.3 Å². The average molecular weight is 511 g/mol. The summed E-state index contributed by atoms with van der Waals surface area (Å²) in [7, 11) is 0. The minimum Gasteiger partial charge on any atom is -0.382 e. The van der Waals surface area contributed by atoms with Gasteiger partial charge < -0.3 is 5.32 Å². The molecule has 0 amide bonds. The van der Waals surface area contributed by atoms with Crippen LogP contribution in [0.2, 0.25) is 0 Å². The van der Waals surface area contributed by atoms with Crippen LogP contribution in [0.3, 0.4) is 0 Å². The number of halogens is 4. The highest BCUT2D eigenvalue weighted by Gasteiger charge is 2.27. The van der Waals surface area contributed by atoms with Gasteiger partial charge in [-0.2, -0.15) is 18.3 Å².